The molecule has 2 aromatic rings. The standard InChI is InChI=1S/C34H50N2O4/c1-3-5-6-7-8-9-10-11-12-13-14-15-19-25-32(37)35-29-23-20-24-30(27-29)36-33(38)31(34(39)40-4-2)26-28-21-17-16-18-22-28/h16-18,20-24,27,31H,3-15,19,25-26H2,1-2H3,(H,35,37)(H,36,38). The lowest BCUT2D eigenvalue weighted by Gasteiger charge is -2.16. The first-order valence-electron chi connectivity index (χ1n) is 15.4. The number of unbranched alkanes of at least 4 members (excludes halogenated alkanes) is 12. The maximum atomic E-state index is 13.0. The molecule has 0 aliphatic carbocycles. The average molecular weight is 551 g/mol. The summed E-state index contributed by atoms with van der Waals surface area (Å²) in [6.45, 7) is 4.19. The van der Waals surface area contributed by atoms with Crippen molar-refractivity contribution in [1.82, 2.24) is 0 Å². The smallest absolute Gasteiger partial charge is 0.318 e. The summed E-state index contributed by atoms with van der Waals surface area (Å²) in [6.07, 6.45) is 17.3. The highest BCUT2D eigenvalue weighted by atomic mass is 16.5. The molecule has 1 unspecified atom stereocenters. The lowest BCUT2D eigenvalue weighted by molar-refractivity contribution is -0.150. The van der Waals surface area contributed by atoms with Crippen LogP contribution >= 0.6 is 0 Å². The van der Waals surface area contributed by atoms with E-state index in [0.29, 0.717) is 17.8 Å². The van der Waals surface area contributed by atoms with Gasteiger partial charge in [0.05, 0.1) is 6.61 Å². The van der Waals surface area contributed by atoms with Crippen LogP contribution < -0.4 is 10.6 Å². The third kappa shape index (κ3) is 14.3. The van der Waals surface area contributed by atoms with Crippen LogP contribution in [-0.2, 0) is 25.5 Å². The van der Waals surface area contributed by atoms with Gasteiger partial charge in [-0.3, -0.25) is 14.4 Å². The topological polar surface area (TPSA) is 84.5 Å². The van der Waals surface area contributed by atoms with Gasteiger partial charge in [0, 0.05) is 17.8 Å². The van der Waals surface area contributed by atoms with Crippen LogP contribution in [0.1, 0.15) is 109 Å². The molecule has 2 aromatic carbocycles. The second-order valence-corrected chi connectivity index (χ2v) is 10.6. The minimum atomic E-state index is -0.962. The SMILES string of the molecule is CCCCCCCCCCCCCCCC(=O)Nc1cccc(NC(=O)C(Cc2ccccc2)C(=O)OCC)c1. The van der Waals surface area contributed by atoms with Gasteiger partial charge in [-0.2, -0.15) is 0 Å². The number of carbonyl (C=O) groups is 3. The van der Waals surface area contributed by atoms with Crippen molar-refractivity contribution >= 4 is 29.2 Å². The third-order valence-electron chi connectivity index (χ3n) is 7.09. The molecule has 0 heterocycles. The maximum Gasteiger partial charge on any atom is 0.318 e. The van der Waals surface area contributed by atoms with Crippen molar-refractivity contribution in [3.05, 3.63) is 60.2 Å². The molecule has 2 N–H and O–H groups in total. The average Bonchev–Trinajstić information content (AvgIpc) is 2.95. The van der Waals surface area contributed by atoms with Crippen molar-refractivity contribution in [2.24, 2.45) is 5.92 Å². The quantitative estimate of drug-likeness (QED) is 0.0927. The van der Waals surface area contributed by atoms with Crippen LogP contribution in [0, 0.1) is 5.92 Å². The fourth-order valence-corrected chi connectivity index (χ4v) is 4.81. The van der Waals surface area contributed by atoms with Gasteiger partial charge in [0.15, 0.2) is 0 Å². The van der Waals surface area contributed by atoms with Crippen LogP contribution in [0.5, 0.6) is 0 Å². The van der Waals surface area contributed by atoms with E-state index >= 15 is 0 Å². The predicted octanol–water partition coefficient (Wildman–Crippen LogP) is 8.47. The van der Waals surface area contributed by atoms with E-state index in [0.717, 1.165) is 18.4 Å². The Morgan fingerprint density at radius 3 is 1.80 bits per heavy atom. The Bertz CT molecular complexity index is 992. The number of esters is 1. The van der Waals surface area contributed by atoms with E-state index in [-0.39, 0.29) is 18.9 Å². The Morgan fingerprint density at radius 1 is 0.675 bits per heavy atom. The number of hydrogen-bond donors (Lipinski definition) is 2. The van der Waals surface area contributed by atoms with Crippen molar-refractivity contribution in [2.75, 3.05) is 17.2 Å². The van der Waals surface area contributed by atoms with E-state index in [4.69, 9.17) is 4.74 Å². The highest BCUT2D eigenvalue weighted by Crippen LogP contribution is 2.19. The first-order valence-corrected chi connectivity index (χ1v) is 15.4. The summed E-state index contributed by atoms with van der Waals surface area (Å²) in [4.78, 5) is 38.0. The normalized spacial score (nSPS) is 11.6. The lowest BCUT2D eigenvalue weighted by Crippen LogP contribution is -2.33. The van der Waals surface area contributed by atoms with Crippen LogP contribution in [0.25, 0.3) is 0 Å². The number of anilines is 2. The lowest BCUT2D eigenvalue weighted by atomic mass is 9.98. The number of nitrogens with one attached hydrogen (secondary N) is 2. The molecule has 0 bridgehead atoms. The van der Waals surface area contributed by atoms with E-state index in [2.05, 4.69) is 17.6 Å². The summed E-state index contributed by atoms with van der Waals surface area (Å²) in [6, 6.07) is 16.4. The molecule has 0 aromatic heterocycles. The molecule has 0 aliphatic heterocycles. The van der Waals surface area contributed by atoms with Crippen molar-refractivity contribution in [2.45, 2.75) is 110 Å². The number of ether oxygens (including phenoxy) is 1. The molecular weight excluding hydrogens is 500 g/mol. The molecule has 6 nitrogen and oxygen atoms in total. The first-order chi connectivity index (χ1) is 19.5. The first kappa shape index (κ1) is 33.1. The third-order valence-corrected chi connectivity index (χ3v) is 7.09. The van der Waals surface area contributed by atoms with Gasteiger partial charge in [-0.05, 0) is 43.5 Å². The highest BCUT2D eigenvalue weighted by molar-refractivity contribution is 6.05. The van der Waals surface area contributed by atoms with E-state index in [9.17, 15) is 14.4 Å². The molecular formula is C34H50N2O4. The Hall–Kier alpha value is -3.15. The zero-order valence-corrected chi connectivity index (χ0v) is 24.7. The molecule has 2 rings (SSSR count). The summed E-state index contributed by atoms with van der Waals surface area (Å²) in [7, 11) is 0. The second kappa shape index (κ2) is 20.7. The van der Waals surface area contributed by atoms with Gasteiger partial charge >= 0.3 is 5.97 Å². The number of amides is 2. The second-order valence-electron chi connectivity index (χ2n) is 10.6. The van der Waals surface area contributed by atoms with Gasteiger partial charge in [0.2, 0.25) is 11.8 Å². The molecule has 40 heavy (non-hydrogen) atoms. The van der Waals surface area contributed by atoms with Gasteiger partial charge < -0.3 is 15.4 Å². The van der Waals surface area contributed by atoms with Crippen molar-refractivity contribution < 1.29 is 19.1 Å². The van der Waals surface area contributed by atoms with Crippen molar-refractivity contribution in [3.63, 3.8) is 0 Å². The van der Waals surface area contributed by atoms with Crippen LogP contribution in [0.15, 0.2) is 54.6 Å². The number of rotatable bonds is 21. The van der Waals surface area contributed by atoms with Crippen LogP contribution in [-0.4, -0.2) is 24.4 Å². The number of benzene rings is 2. The molecule has 0 saturated heterocycles. The molecule has 1 atom stereocenters. The summed E-state index contributed by atoms with van der Waals surface area (Å²) in [5.74, 6) is -1.97. The zero-order chi connectivity index (χ0) is 28.8. The Labute approximate surface area is 241 Å². The van der Waals surface area contributed by atoms with Crippen molar-refractivity contribution in [1.29, 1.82) is 0 Å². The number of hydrogen-bond acceptors (Lipinski definition) is 4. The highest BCUT2D eigenvalue weighted by Gasteiger charge is 2.28. The predicted molar refractivity (Wildman–Crippen MR) is 164 cm³/mol. The van der Waals surface area contributed by atoms with E-state index in [1.165, 1.54) is 70.6 Å². The van der Waals surface area contributed by atoms with E-state index < -0.39 is 17.8 Å². The van der Waals surface area contributed by atoms with Crippen LogP contribution in [0.3, 0.4) is 0 Å². The van der Waals surface area contributed by atoms with Gasteiger partial charge in [-0.1, -0.05) is 120 Å². The fraction of sp³-hybridized carbons (Fsp3) is 0.559. The Kier molecular flexibility index (Phi) is 17.1. The summed E-state index contributed by atoms with van der Waals surface area (Å²) >= 11 is 0. The van der Waals surface area contributed by atoms with Crippen LogP contribution in [0.4, 0.5) is 11.4 Å². The van der Waals surface area contributed by atoms with Crippen molar-refractivity contribution in [3.8, 4) is 0 Å². The minimum absolute atomic E-state index is 0.0278. The maximum absolute atomic E-state index is 13.0. The zero-order valence-electron chi connectivity index (χ0n) is 24.7. The summed E-state index contributed by atoms with van der Waals surface area (Å²) in [5.41, 5.74) is 2.02. The molecule has 0 fully saturated rings. The molecule has 0 aliphatic rings. The monoisotopic (exact) mass is 550 g/mol. The molecule has 0 spiro atoms. The van der Waals surface area contributed by atoms with E-state index in [1.807, 2.05) is 30.3 Å². The van der Waals surface area contributed by atoms with E-state index in [1.54, 1.807) is 31.2 Å². The molecule has 0 saturated carbocycles. The summed E-state index contributed by atoms with van der Waals surface area (Å²) < 4.78 is 5.15. The molecule has 6 heteroatoms. The Morgan fingerprint density at radius 2 is 1.23 bits per heavy atom. The molecule has 2 amide bonds. The van der Waals surface area contributed by atoms with Crippen LogP contribution in [0.2, 0.25) is 0 Å². The largest absolute Gasteiger partial charge is 0.465 e. The number of carbonyl (C=O) groups excluding carboxylic acids is 3. The fourth-order valence-electron chi connectivity index (χ4n) is 4.81. The minimum Gasteiger partial charge on any atom is -0.465 e. The summed E-state index contributed by atoms with van der Waals surface area (Å²) in [5, 5.41) is 5.75. The van der Waals surface area contributed by atoms with Gasteiger partial charge in [-0.15, -0.1) is 0 Å². The van der Waals surface area contributed by atoms with Gasteiger partial charge in [-0.25, -0.2) is 0 Å². The molecule has 0 radical (unpaired) electrons. The molecule has 220 valence electrons. The Balaban J connectivity index is 1.68. The van der Waals surface area contributed by atoms with Gasteiger partial charge in [0.25, 0.3) is 0 Å². The van der Waals surface area contributed by atoms with Gasteiger partial charge in [0.1, 0.15) is 5.92 Å².